The third-order valence-corrected chi connectivity index (χ3v) is 4.46. The maximum atomic E-state index is 12.3. The predicted octanol–water partition coefficient (Wildman–Crippen LogP) is 2.24. The quantitative estimate of drug-likeness (QED) is 0.799. The van der Waals surface area contributed by atoms with Gasteiger partial charge in [0.2, 0.25) is 0 Å². The average molecular weight is 370 g/mol. The Bertz CT molecular complexity index is 542. The van der Waals surface area contributed by atoms with Gasteiger partial charge in [-0.3, -0.25) is 9.69 Å². The van der Waals surface area contributed by atoms with Crippen LogP contribution in [0.1, 0.15) is 28.8 Å². The Morgan fingerprint density at radius 1 is 1.48 bits per heavy atom. The van der Waals surface area contributed by atoms with E-state index in [1.807, 2.05) is 25.1 Å². The van der Waals surface area contributed by atoms with Crippen molar-refractivity contribution in [2.45, 2.75) is 25.8 Å². The Labute approximate surface area is 139 Å². The molecule has 0 aromatic heterocycles. The molecule has 114 valence electrons. The lowest BCUT2D eigenvalue weighted by atomic mass is 10.0. The highest BCUT2D eigenvalue weighted by atomic mass is 79.9. The van der Waals surface area contributed by atoms with E-state index >= 15 is 0 Å². The van der Waals surface area contributed by atoms with E-state index in [0.29, 0.717) is 17.1 Å². The Hall–Kier alpha value is -0.980. The first kappa shape index (κ1) is 16.4. The number of aryl methyl sites for hydroxylation is 1. The summed E-state index contributed by atoms with van der Waals surface area (Å²) in [5.41, 5.74) is 7.37. The number of piperidine rings is 1. The summed E-state index contributed by atoms with van der Waals surface area (Å²) in [6, 6.07) is 5.98. The lowest BCUT2D eigenvalue weighted by Crippen LogP contribution is -2.46. The molecular weight excluding hydrogens is 350 g/mol. The first-order valence-corrected chi connectivity index (χ1v) is 8.23. The number of likely N-dealkylation sites (tertiary alicyclic amines) is 1. The van der Waals surface area contributed by atoms with Crippen LogP contribution in [0.5, 0.6) is 0 Å². The van der Waals surface area contributed by atoms with E-state index < -0.39 is 0 Å². The van der Waals surface area contributed by atoms with Gasteiger partial charge in [-0.25, -0.2) is 0 Å². The summed E-state index contributed by atoms with van der Waals surface area (Å²) >= 11 is 8.38. The van der Waals surface area contributed by atoms with Crippen LogP contribution in [0.2, 0.25) is 0 Å². The average Bonchev–Trinajstić information content (AvgIpc) is 2.40. The minimum absolute atomic E-state index is 0.0188. The normalized spacial score (nSPS) is 16.7. The highest BCUT2D eigenvalue weighted by Gasteiger charge is 2.22. The van der Waals surface area contributed by atoms with Gasteiger partial charge in [-0.05, 0) is 53.4 Å². The third-order valence-electron chi connectivity index (χ3n) is 3.67. The number of hydrogen-bond acceptors (Lipinski definition) is 3. The number of rotatable bonds is 4. The standard InChI is InChI=1S/C15H20BrN3OS/c1-10-2-3-12(13(16)8-10)15(20)18-11-4-6-19(7-5-11)9-14(17)21/h2-3,8,11H,4-7,9H2,1H3,(H2,17,21)(H,18,20). The zero-order chi connectivity index (χ0) is 15.4. The van der Waals surface area contributed by atoms with E-state index in [-0.39, 0.29) is 11.9 Å². The molecule has 1 saturated heterocycles. The van der Waals surface area contributed by atoms with Crippen LogP contribution in [0.3, 0.4) is 0 Å². The summed E-state index contributed by atoms with van der Waals surface area (Å²) in [6.07, 6.45) is 1.86. The van der Waals surface area contributed by atoms with Crippen molar-refractivity contribution in [1.82, 2.24) is 10.2 Å². The van der Waals surface area contributed by atoms with Crippen molar-refractivity contribution in [3.63, 3.8) is 0 Å². The van der Waals surface area contributed by atoms with Crippen molar-refractivity contribution in [3.8, 4) is 0 Å². The smallest absolute Gasteiger partial charge is 0.252 e. The summed E-state index contributed by atoms with van der Waals surface area (Å²) in [7, 11) is 0. The van der Waals surface area contributed by atoms with Crippen LogP contribution >= 0.6 is 28.1 Å². The monoisotopic (exact) mass is 369 g/mol. The molecule has 1 amide bonds. The van der Waals surface area contributed by atoms with Crippen molar-refractivity contribution < 1.29 is 4.79 Å². The molecule has 3 N–H and O–H groups in total. The van der Waals surface area contributed by atoms with Crippen molar-refractivity contribution in [3.05, 3.63) is 33.8 Å². The molecule has 0 bridgehead atoms. The van der Waals surface area contributed by atoms with Gasteiger partial charge >= 0.3 is 0 Å². The van der Waals surface area contributed by atoms with Crippen LogP contribution in [0.25, 0.3) is 0 Å². The fourth-order valence-electron chi connectivity index (χ4n) is 2.52. The van der Waals surface area contributed by atoms with Crippen LogP contribution in [-0.2, 0) is 0 Å². The maximum Gasteiger partial charge on any atom is 0.252 e. The Kier molecular flexibility index (Phi) is 5.72. The van der Waals surface area contributed by atoms with Gasteiger partial charge in [0.15, 0.2) is 0 Å². The molecule has 6 heteroatoms. The van der Waals surface area contributed by atoms with Gasteiger partial charge in [0, 0.05) is 30.1 Å². The van der Waals surface area contributed by atoms with Crippen LogP contribution in [-0.4, -0.2) is 41.5 Å². The molecule has 1 fully saturated rings. The van der Waals surface area contributed by atoms with E-state index in [1.54, 1.807) is 0 Å². The van der Waals surface area contributed by atoms with Gasteiger partial charge in [0.1, 0.15) is 0 Å². The molecule has 0 aliphatic carbocycles. The number of thiocarbonyl (C=S) groups is 1. The summed E-state index contributed by atoms with van der Waals surface area (Å²) in [5.74, 6) is -0.0188. The fraction of sp³-hybridized carbons (Fsp3) is 0.467. The largest absolute Gasteiger partial charge is 0.392 e. The number of amides is 1. The first-order chi connectivity index (χ1) is 9.95. The van der Waals surface area contributed by atoms with Crippen molar-refractivity contribution >= 4 is 39.0 Å². The second kappa shape index (κ2) is 7.33. The van der Waals surface area contributed by atoms with E-state index in [9.17, 15) is 4.79 Å². The SMILES string of the molecule is Cc1ccc(C(=O)NC2CCN(CC(N)=S)CC2)c(Br)c1. The van der Waals surface area contributed by atoms with E-state index in [0.717, 1.165) is 36.0 Å². The molecule has 1 aromatic carbocycles. The van der Waals surface area contributed by atoms with Crippen molar-refractivity contribution in [1.29, 1.82) is 0 Å². The molecule has 1 aliphatic rings. The maximum absolute atomic E-state index is 12.3. The van der Waals surface area contributed by atoms with Crippen LogP contribution in [0.15, 0.2) is 22.7 Å². The van der Waals surface area contributed by atoms with Crippen LogP contribution in [0, 0.1) is 6.92 Å². The van der Waals surface area contributed by atoms with Gasteiger partial charge in [-0.1, -0.05) is 18.3 Å². The number of hydrogen-bond donors (Lipinski definition) is 2. The summed E-state index contributed by atoms with van der Waals surface area (Å²) in [6.45, 7) is 4.50. The Morgan fingerprint density at radius 3 is 2.71 bits per heavy atom. The number of nitrogens with two attached hydrogens (primary N) is 1. The van der Waals surface area contributed by atoms with E-state index in [2.05, 4.69) is 26.1 Å². The molecule has 1 aromatic rings. The molecule has 21 heavy (non-hydrogen) atoms. The first-order valence-electron chi connectivity index (χ1n) is 7.03. The minimum Gasteiger partial charge on any atom is -0.392 e. The molecule has 0 atom stereocenters. The van der Waals surface area contributed by atoms with Crippen molar-refractivity contribution in [2.24, 2.45) is 5.73 Å². The number of nitrogens with zero attached hydrogens (tertiary/aromatic N) is 1. The highest BCUT2D eigenvalue weighted by molar-refractivity contribution is 9.10. The number of nitrogens with one attached hydrogen (secondary N) is 1. The molecular formula is C15H20BrN3OS. The fourth-order valence-corrected chi connectivity index (χ4v) is 3.38. The van der Waals surface area contributed by atoms with Gasteiger partial charge in [0.25, 0.3) is 5.91 Å². The summed E-state index contributed by atoms with van der Waals surface area (Å²) in [4.78, 5) is 15.1. The molecule has 1 heterocycles. The number of benzene rings is 1. The molecule has 2 rings (SSSR count). The number of carbonyl (C=O) groups is 1. The lowest BCUT2D eigenvalue weighted by Gasteiger charge is -2.32. The van der Waals surface area contributed by atoms with Crippen LogP contribution in [0.4, 0.5) is 0 Å². The zero-order valence-electron chi connectivity index (χ0n) is 12.1. The summed E-state index contributed by atoms with van der Waals surface area (Å²) < 4.78 is 0.839. The van der Waals surface area contributed by atoms with Gasteiger partial charge < -0.3 is 11.1 Å². The molecule has 4 nitrogen and oxygen atoms in total. The molecule has 1 aliphatic heterocycles. The van der Waals surface area contributed by atoms with Crippen LogP contribution < -0.4 is 11.1 Å². The second-order valence-corrected chi connectivity index (χ2v) is 6.85. The van der Waals surface area contributed by atoms with E-state index in [1.165, 1.54) is 0 Å². The van der Waals surface area contributed by atoms with Gasteiger partial charge in [0.05, 0.1) is 10.6 Å². The van der Waals surface area contributed by atoms with Gasteiger partial charge in [-0.2, -0.15) is 0 Å². The minimum atomic E-state index is -0.0188. The number of halogens is 1. The number of carbonyl (C=O) groups excluding carboxylic acids is 1. The predicted molar refractivity (Wildman–Crippen MR) is 92.6 cm³/mol. The summed E-state index contributed by atoms with van der Waals surface area (Å²) in [5, 5.41) is 3.11. The van der Waals surface area contributed by atoms with E-state index in [4.69, 9.17) is 18.0 Å². The molecule has 0 radical (unpaired) electrons. The molecule has 0 unspecified atom stereocenters. The Morgan fingerprint density at radius 2 is 2.14 bits per heavy atom. The van der Waals surface area contributed by atoms with Crippen molar-refractivity contribution in [2.75, 3.05) is 19.6 Å². The molecule has 0 spiro atoms. The Balaban J connectivity index is 1.88. The zero-order valence-corrected chi connectivity index (χ0v) is 14.5. The second-order valence-electron chi connectivity index (χ2n) is 5.47. The van der Waals surface area contributed by atoms with Gasteiger partial charge in [-0.15, -0.1) is 0 Å². The topological polar surface area (TPSA) is 58.4 Å². The molecule has 0 saturated carbocycles. The lowest BCUT2D eigenvalue weighted by molar-refractivity contribution is 0.0914. The third kappa shape index (κ3) is 4.76. The highest BCUT2D eigenvalue weighted by Crippen LogP contribution is 2.19.